The van der Waals surface area contributed by atoms with Crippen LogP contribution >= 0.6 is 0 Å². The van der Waals surface area contributed by atoms with Crippen molar-refractivity contribution in [2.24, 2.45) is 0 Å². The smallest absolute Gasteiger partial charge is 0.300 e. The van der Waals surface area contributed by atoms with Gasteiger partial charge in [-0.25, -0.2) is 0 Å². The quantitative estimate of drug-likeness (QED) is 0.647. The van der Waals surface area contributed by atoms with Gasteiger partial charge in [-0.15, -0.1) is 0 Å². The second-order valence-electron chi connectivity index (χ2n) is 3.73. The maximum Gasteiger partial charge on any atom is 0.300 e. The van der Waals surface area contributed by atoms with Gasteiger partial charge in [0.25, 0.3) is 0 Å². The molecular formula is C9H11N3O3. The number of aliphatic hydroxyl groups is 1. The van der Waals surface area contributed by atoms with Gasteiger partial charge in [-0.1, -0.05) is 0 Å². The predicted molar refractivity (Wildman–Crippen MR) is 48.1 cm³/mol. The first-order chi connectivity index (χ1) is 7.28. The number of ether oxygens (including phenoxy) is 2. The van der Waals surface area contributed by atoms with Crippen LogP contribution in [0, 0.1) is 5.41 Å². The molecule has 1 aromatic heterocycles. The number of nitrogens with one attached hydrogen (secondary N) is 1. The molecular weight excluding hydrogens is 198 g/mol. The van der Waals surface area contributed by atoms with E-state index in [0.717, 1.165) is 0 Å². The molecule has 2 aliphatic rings. The van der Waals surface area contributed by atoms with Gasteiger partial charge in [0.1, 0.15) is 6.10 Å². The van der Waals surface area contributed by atoms with Crippen molar-refractivity contribution in [2.45, 2.75) is 24.9 Å². The van der Waals surface area contributed by atoms with Crippen molar-refractivity contribution in [3.8, 4) is 6.01 Å². The molecule has 1 unspecified atom stereocenters. The van der Waals surface area contributed by atoms with Crippen molar-refractivity contribution < 1.29 is 14.6 Å². The van der Waals surface area contributed by atoms with E-state index < -0.39 is 0 Å². The van der Waals surface area contributed by atoms with E-state index in [0.29, 0.717) is 12.4 Å². The topological polar surface area (TPSA) is 80.4 Å². The molecule has 6 nitrogen and oxygen atoms in total. The van der Waals surface area contributed by atoms with Crippen molar-refractivity contribution in [1.29, 1.82) is 5.41 Å². The lowest BCUT2D eigenvalue weighted by Gasteiger charge is -2.11. The SMILES string of the molecule is N=c1ccn2c(n1)O[C@H]1C[C@@H](CO)OC12. The number of hydrogen-bond acceptors (Lipinski definition) is 5. The summed E-state index contributed by atoms with van der Waals surface area (Å²) in [7, 11) is 0. The van der Waals surface area contributed by atoms with Gasteiger partial charge in [0.2, 0.25) is 0 Å². The molecule has 0 spiro atoms. The normalized spacial score (nSPS) is 32.2. The highest BCUT2D eigenvalue weighted by molar-refractivity contribution is 5.08. The van der Waals surface area contributed by atoms with Crippen LogP contribution in [0.15, 0.2) is 12.3 Å². The zero-order valence-electron chi connectivity index (χ0n) is 7.96. The van der Waals surface area contributed by atoms with E-state index in [4.69, 9.17) is 20.0 Å². The number of rotatable bonds is 1. The van der Waals surface area contributed by atoms with E-state index in [1.54, 1.807) is 16.8 Å². The van der Waals surface area contributed by atoms with Crippen molar-refractivity contribution in [2.75, 3.05) is 6.61 Å². The van der Waals surface area contributed by atoms with Crippen LogP contribution in [0.2, 0.25) is 0 Å². The van der Waals surface area contributed by atoms with Crippen molar-refractivity contribution in [3.05, 3.63) is 17.8 Å². The first-order valence-corrected chi connectivity index (χ1v) is 4.84. The lowest BCUT2D eigenvalue weighted by molar-refractivity contribution is -0.0256. The zero-order valence-corrected chi connectivity index (χ0v) is 7.96. The number of hydrogen-bond donors (Lipinski definition) is 2. The van der Waals surface area contributed by atoms with E-state index >= 15 is 0 Å². The minimum atomic E-state index is -0.203. The van der Waals surface area contributed by atoms with E-state index in [2.05, 4.69) is 4.98 Å². The first kappa shape index (κ1) is 8.87. The molecule has 1 aromatic rings. The Balaban J connectivity index is 1.96. The molecule has 2 N–H and O–H groups in total. The molecule has 0 aromatic carbocycles. The summed E-state index contributed by atoms with van der Waals surface area (Å²) in [6.07, 6.45) is 1.95. The fraction of sp³-hybridized carbons (Fsp3) is 0.556. The van der Waals surface area contributed by atoms with Crippen LogP contribution in [0.25, 0.3) is 0 Å². The highest BCUT2D eigenvalue weighted by Crippen LogP contribution is 2.38. The number of aliphatic hydroxyl groups excluding tert-OH is 1. The molecule has 0 amide bonds. The fourth-order valence-electron chi connectivity index (χ4n) is 2.01. The second-order valence-corrected chi connectivity index (χ2v) is 3.73. The third-order valence-electron chi connectivity index (χ3n) is 2.71. The standard InChI is InChI=1S/C9H11N3O3/c10-7-1-2-12-8-6(15-9(12)11-7)3-5(4-13)14-8/h1-2,5-6,8,10,13H,3-4H2/t5-,6-,8?/m0/s1. The molecule has 0 saturated carbocycles. The Morgan fingerprint density at radius 3 is 3.33 bits per heavy atom. The van der Waals surface area contributed by atoms with Gasteiger partial charge >= 0.3 is 6.01 Å². The summed E-state index contributed by atoms with van der Waals surface area (Å²) in [4.78, 5) is 3.95. The summed E-state index contributed by atoms with van der Waals surface area (Å²) in [6, 6.07) is 2.01. The Kier molecular flexibility index (Phi) is 1.80. The zero-order chi connectivity index (χ0) is 10.4. The van der Waals surface area contributed by atoms with Crippen LogP contribution in [-0.4, -0.2) is 33.5 Å². The van der Waals surface area contributed by atoms with Crippen molar-refractivity contribution >= 4 is 0 Å². The van der Waals surface area contributed by atoms with Gasteiger partial charge in [-0.05, 0) is 6.07 Å². The number of fused-ring (bicyclic) bond motifs is 3. The van der Waals surface area contributed by atoms with Gasteiger partial charge in [0, 0.05) is 12.6 Å². The monoisotopic (exact) mass is 209 g/mol. The Bertz CT molecular complexity index is 444. The third kappa shape index (κ3) is 1.25. The highest BCUT2D eigenvalue weighted by Gasteiger charge is 2.43. The fourth-order valence-corrected chi connectivity index (χ4v) is 2.01. The minimum absolute atomic E-state index is 0.0101. The van der Waals surface area contributed by atoms with E-state index in [1.165, 1.54) is 0 Å². The maximum atomic E-state index is 8.98. The van der Waals surface area contributed by atoms with E-state index in [1.807, 2.05) is 0 Å². The molecule has 0 aliphatic carbocycles. The highest BCUT2D eigenvalue weighted by atomic mass is 16.6. The summed E-state index contributed by atoms with van der Waals surface area (Å²) in [5, 5.41) is 16.3. The second kappa shape index (κ2) is 3.04. The largest absolute Gasteiger partial charge is 0.456 e. The van der Waals surface area contributed by atoms with Crippen LogP contribution in [0.4, 0.5) is 0 Å². The van der Waals surface area contributed by atoms with Crippen molar-refractivity contribution in [1.82, 2.24) is 9.55 Å². The van der Waals surface area contributed by atoms with E-state index in [-0.39, 0.29) is 30.5 Å². The summed E-state index contributed by atoms with van der Waals surface area (Å²) >= 11 is 0. The van der Waals surface area contributed by atoms with Gasteiger partial charge in [-0.2, -0.15) is 4.98 Å². The molecule has 3 atom stereocenters. The van der Waals surface area contributed by atoms with Gasteiger partial charge in [0.15, 0.2) is 11.7 Å². The Labute approximate surface area is 85.6 Å². The lowest BCUT2D eigenvalue weighted by atomic mass is 10.2. The average Bonchev–Trinajstić information content (AvgIpc) is 2.73. The van der Waals surface area contributed by atoms with Gasteiger partial charge in [0.05, 0.1) is 12.7 Å². The van der Waals surface area contributed by atoms with Crippen LogP contribution in [0.1, 0.15) is 12.6 Å². The molecule has 1 fully saturated rings. The lowest BCUT2D eigenvalue weighted by Crippen LogP contribution is -2.16. The molecule has 3 heterocycles. The molecule has 3 rings (SSSR count). The first-order valence-electron chi connectivity index (χ1n) is 4.84. The molecule has 0 radical (unpaired) electrons. The van der Waals surface area contributed by atoms with Gasteiger partial charge < -0.3 is 14.6 Å². The van der Waals surface area contributed by atoms with Gasteiger partial charge in [-0.3, -0.25) is 9.98 Å². The molecule has 0 bridgehead atoms. The minimum Gasteiger partial charge on any atom is -0.456 e. The van der Waals surface area contributed by atoms with Crippen molar-refractivity contribution in [3.63, 3.8) is 0 Å². The number of nitrogens with zero attached hydrogens (tertiary/aromatic N) is 2. The molecule has 2 aliphatic heterocycles. The summed E-state index contributed by atoms with van der Waals surface area (Å²) < 4.78 is 12.9. The summed E-state index contributed by atoms with van der Waals surface area (Å²) in [5.41, 5.74) is 0.180. The molecule has 80 valence electrons. The third-order valence-corrected chi connectivity index (χ3v) is 2.71. The van der Waals surface area contributed by atoms with Crippen LogP contribution < -0.4 is 10.2 Å². The predicted octanol–water partition coefficient (Wildman–Crippen LogP) is -0.597. The Hall–Kier alpha value is -1.40. The van der Waals surface area contributed by atoms with Crippen LogP contribution in [0.3, 0.4) is 0 Å². The van der Waals surface area contributed by atoms with Crippen LogP contribution in [-0.2, 0) is 4.74 Å². The van der Waals surface area contributed by atoms with E-state index in [9.17, 15) is 0 Å². The summed E-state index contributed by atoms with van der Waals surface area (Å²) in [6.45, 7) is 0.0101. The maximum absolute atomic E-state index is 8.98. The Morgan fingerprint density at radius 1 is 1.67 bits per heavy atom. The average molecular weight is 209 g/mol. The molecule has 6 heteroatoms. The molecule has 1 saturated heterocycles. The Morgan fingerprint density at radius 2 is 2.53 bits per heavy atom. The number of aromatic nitrogens is 2. The molecule has 15 heavy (non-hydrogen) atoms. The van der Waals surface area contributed by atoms with Crippen LogP contribution in [0.5, 0.6) is 6.01 Å². The summed E-state index contributed by atoms with van der Waals surface area (Å²) in [5.74, 6) is 0.